The molecule has 0 aromatic heterocycles. The first-order valence-electron chi connectivity index (χ1n) is 16.5. The van der Waals surface area contributed by atoms with Gasteiger partial charge in [-0.3, -0.25) is 14.3 Å². The highest BCUT2D eigenvalue weighted by molar-refractivity contribution is 7.90. The molecule has 0 saturated heterocycles. The van der Waals surface area contributed by atoms with Crippen LogP contribution in [0.1, 0.15) is 62.1 Å². The molecule has 1 fully saturated rings. The van der Waals surface area contributed by atoms with E-state index < -0.39 is 40.0 Å². The average molecular weight is 686 g/mol. The summed E-state index contributed by atoms with van der Waals surface area (Å²) in [4.78, 5) is 30.7. The van der Waals surface area contributed by atoms with Crippen molar-refractivity contribution >= 4 is 39.1 Å². The Hall–Kier alpha value is -3.12. The van der Waals surface area contributed by atoms with Gasteiger partial charge in [-0.25, -0.2) is 8.42 Å². The van der Waals surface area contributed by atoms with E-state index >= 15 is 0 Å². The van der Waals surface area contributed by atoms with Gasteiger partial charge < -0.3 is 24.7 Å². The number of sulfonamides is 1. The molecule has 47 heavy (non-hydrogen) atoms. The van der Waals surface area contributed by atoms with Crippen LogP contribution in [-0.2, 0) is 37.0 Å². The van der Waals surface area contributed by atoms with Crippen molar-refractivity contribution in [3.63, 3.8) is 0 Å². The van der Waals surface area contributed by atoms with Crippen LogP contribution in [0.2, 0.25) is 5.02 Å². The van der Waals surface area contributed by atoms with Crippen molar-refractivity contribution in [1.29, 1.82) is 0 Å². The maximum absolute atomic E-state index is 13.7. The lowest BCUT2D eigenvalue weighted by molar-refractivity contribution is -0.148. The second-order valence-electron chi connectivity index (χ2n) is 13.7. The van der Waals surface area contributed by atoms with E-state index in [2.05, 4.69) is 11.0 Å². The van der Waals surface area contributed by atoms with E-state index in [0.717, 1.165) is 32.1 Å². The predicted molar refractivity (Wildman–Crippen MR) is 180 cm³/mol. The topological polar surface area (TPSA) is 136 Å². The third kappa shape index (κ3) is 6.64. The van der Waals surface area contributed by atoms with E-state index in [9.17, 15) is 28.2 Å². The number of halogens is 1. The minimum absolute atomic E-state index is 0.0599. The van der Waals surface area contributed by atoms with E-state index in [1.807, 2.05) is 22.9 Å². The first kappa shape index (κ1) is 33.8. The molecule has 4 aliphatic rings. The van der Waals surface area contributed by atoms with E-state index in [4.69, 9.17) is 16.3 Å². The Bertz CT molecular complexity index is 1680. The molecule has 2 amide bonds. The molecular weight excluding hydrogens is 642 g/mol. The number of carbonyl (C=O) groups is 2. The van der Waals surface area contributed by atoms with E-state index in [-0.39, 0.29) is 28.6 Å². The minimum atomic E-state index is -4.04. The quantitative estimate of drug-likeness (QED) is 0.417. The zero-order valence-electron chi connectivity index (χ0n) is 27.0. The van der Waals surface area contributed by atoms with Gasteiger partial charge in [0.05, 0.1) is 30.6 Å². The van der Waals surface area contributed by atoms with Gasteiger partial charge in [0.15, 0.2) is 5.60 Å². The summed E-state index contributed by atoms with van der Waals surface area (Å²) in [6.45, 7) is 3.29. The fourth-order valence-corrected chi connectivity index (χ4v) is 8.45. The van der Waals surface area contributed by atoms with Gasteiger partial charge in [-0.05, 0) is 98.2 Å². The normalized spacial score (nSPS) is 30.3. The van der Waals surface area contributed by atoms with Crippen LogP contribution in [0.5, 0.6) is 5.75 Å². The van der Waals surface area contributed by atoms with Gasteiger partial charge in [-0.15, -0.1) is 0 Å². The third-order valence-electron chi connectivity index (χ3n) is 10.7. The molecule has 1 spiro atoms. The number of anilines is 1. The highest BCUT2D eigenvalue weighted by Crippen LogP contribution is 2.47. The Kier molecular flexibility index (Phi) is 9.38. The summed E-state index contributed by atoms with van der Waals surface area (Å²) in [6, 6.07) is 10.9. The number of aliphatic hydroxyl groups is 2. The molecule has 0 unspecified atom stereocenters. The summed E-state index contributed by atoms with van der Waals surface area (Å²) in [7, 11) is -2.47. The Morgan fingerprint density at radius 1 is 1.19 bits per heavy atom. The SMILES string of the molecule is CCS(=O)(=O)NC(=O)[C@@]1(O)CC(=O)N(C)CC/C=C/[C@H](O)[C@@H]2CC[C@H]2CN2C[C@@]3(CCCc4cc(Cl)ccc43)COc3ccc1cc32. The number of hydrogen-bond donors (Lipinski definition) is 3. The molecule has 12 heteroatoms. The molecule has 5 atom stereocenters. The third-order valence-corrected chi connectivity index (χ3v) is 12.2. The Morgan fingerprint density at radius 2 is 2.00 bits per heavy atom. The number of nitrogens with zero attached hydrogens (tertiary/aromatic N) is 2. The summed E-state index contributed by atoms with van der Waals surface area (Å²) in [6.07, 6.45) is 7.47. The van der Waals surface area contributed by atoms with Crippen molar-refractivity contribution in [2.75, 3.05) is 43.9 Å². The fraction of sp³-hybridized carbons (Fsp3) is 0.543. The zero-order chi connectivity index (χ0) is 33.6. The van der Waals surface area contributed by atoms with Gasteiger partial charge in [-0.2, -0.15) is 0 Å². The van der Waals surface area contributed by atoms with Crippen molar-refractivity contribution in [2.45, 2.75) is 69.0 Å². The Balaban J connectivity index is 1.48. The van der Waals surface area contributed by atoms with Crippen LogP contribution in [-0.4, -0.2) is 80.5 Å². The molecule has 6 rings (SSSR count). The average Bonchev–Trinajstić information content (AvgIpc) is 3.17. The lowest BCUT2D eigenvalue weighted by atomic mass is 9.68. The standard InChI is InChI=1S/C35H44ClN3O7S/c1-3-47(44,45)37-33(42)35(43)19-32(41)38(2)16-5-4-8-30(40)27-12-9-24(27)20-39-21-34(22-46-31-14-10-25(35)18-29(31)39)15-6-7-23-17-26(36)11-13-28(23)34/h4,8,10-11,13-14,17-18,24,27,30,40,43H,3,5-7,9,12,15-16,19-22H2,1-2H3,(H,37,42)/b8-4+/t24-,27+,30-,34-,35+/m0/s1. The van der Waals surface area contributed by atoms with Gasteiger partial charge in [-0.1, -0.05) is 35.9 Å². The molecule has 2 bridgehead atoms. The molecule has 3 N–H and O–H groups in total. The molecule has 1 saturated carbocycles. The summed E-state index contributed by atoms with van der Waals surface area (Å²) in [5.74, 6) is -1.27. The van der Waals surface area contributed by atoms with Gasteiger partial charge in [0.2, 0.25) is 15.9 Å². The number of fused-ring (bicyclic) bond motifs is 4. The monoisotopic (exact) mass is 685 g/mol. The first-order valence-corrected chi connectivity index (χ1v) is 18.5. The minimum Gasteiger partial charge on any atom is -0.490 e. The number of nitrogens with one attached hydrogen (secondary N) is 1. The highest BCUT2D eigenvalue weighted by Gasteiger charge is 2.46. The van der Waals surface area contributed by atoms with Gasteiger partial charge >= 0.3 is 0 Å². The van der Waals surface area contributed by atoms with Crippen molar-refractivity contribution in [1.82, 2.24) is 9.62 Å². The van der Waals surface area contributed by atoms with Crippen LogP contribution in [0, 0.1) is 11.8 Å². The highest BCUT2D eigenvalue weighted by atomic mass is 35.5. The number of aryl methyl sites for hydroxylation is 1. The van der Waals surface area contributed by atoms with Crippen molar-refractivity contribution in [3.05, 3.63) is 70.3 Å². The van der Waals surface area contributed by atoms with Crippen LogP contribution < -0.4 is 14.4 Å². The van der Waals surface area contributed by atoms with Crippen LogP contribution in [0.25, 0.3) is 0 Å². The Labute approximate surface area is 281 Å². The number of amides is 2. The lowest BCUT2D eigenvalue weighted by Crippen LogP contribution is -2.50. The second-order valence-corrected chi connectivity index (χ2v) is 16.1. The number of hydrogen-bond acceptors (Lipinski definition) is 8. The molecular formula is C35H44ClN3O7S. The maximum atomic E-state index is 13.7. The zero-order valence-corrected chi connectivity index (χ0v) is 28.5. The summed E-state index contributed by atoms with van der Waals surface area (Å²) < 4.78 is 33.5. The Morgan fingerprint density at radius 3 is 2.74 bits per heavy atom. The van der Waals surface area contributed by atoms with E-state index in [1.165, 1.54) is 29.0 Å². The molecule has 10 nitrogen and oxygen atoms in total. The smallest absolute Gasteiger partial charge is 0.270 e. The molecule has 2 heterocycles. The van der Waals surface area contributed by atoms with Gasteiger partial charge in [0.1, 0.15) is 5.75 Å². The molecule has 2 aliphatic carbocycles. The maximum Gasteiger partial charge on any atom is 0.270 e. The van der Waals surface area contributed by atoms with Gasteiger partial charge in [0, 0.05) is 37.1 Å². The molecule has 254 valence electrons. The number of benzene rings is 2. The lowest BCUT2D eigenvalue weighted by Gasteiger charge is -2.45. The van der Waals surface area contributed by atoms with Gasteiger partial charge in [0.25, 0.3) is 5.91 Å². The number of carbonyl (C=O) groups excluding carboxylic acids is 2. The largest absolute Gasteiger partial charge is 0.490 e. The fourth-order valence-electron chi connectivity index (χ4n) is 7.66. The van der Waals surface area contributed by atoms with Crippen LogP contribution in [0.15, 0.2) is 48.6 Å². The summed E-state index contributed by atoms with van der Waals surface area (Å²) in [5, 5.41) is 23.9. The first-order chi connectivity index (χ1) is 22.3. The second kappa shape index (κ2) is 13.1. The number of ether oxygens (including phenoxy) is 1. The van der Waals surface area contributed by atoms with Crippen LogP contribution in [0.4, 0.5) is 5.69 Å². The molecule has 0 radical (unpaired) electrons. The van der Waals surface area contributed by atoms with Crippen LogP contribution >= 0.6 is 11.6 Å². The molecule has 2 aromatic rings. The predicted octanol–water partition coefficient (Wildman–Crippen LogP) is 3.66. The van der Waals surface area contributed by atoms with Crippen LogP contribution in [0.3, 0.4) is 0 Å². The van der Waals surface area contributed by atoms with E-state index in [0.29, 0.717) is 49.1 Å². The van der Waals surface area contributed by atoms with Crippen molar-refractivity contribution < 1.29 is 33.0 Å². The molecule has 2 aliphatic heterocycles. The number of rotatable bonds is 3. The van der Waals surface area contributed by atoms with Crippen molar-refractivity contribution in [2.24, 2.45) is 11.8 Å². The van der Waals surface area contributed by atoms with E-state index in [1.54, 1.807) is 25.3 Å². The summed E-state index contributed by atoms with van der Waals surface area (Å²) >= 11 is 6.41. The summed E-state index contributed by atoms with van der Waals surface area (Å²) in [5.41, 5.74) is 0.288. The number of aliphatic hydroxyl groups excluding tert-OH is 1. The molecule has 2 aromatic carbocycles. The van der Waals surface area contributed by atoms with Crippen molar-refractivity contribution in [3.8, 4) is 5.75 Å².